The molecular formula is C23H22F3N5OS. The molecule has 4 rings (SSSR count). The van der Waals surface area contributed by atoms with Crippen molar-refractivity contribution in [3.63, 3.8) is 0 Å². The molecule has 1 N–H and O–H groups in total. The van der Waals surface area contributed by atoms with E-state index >= 15 is 0 Å². The number of hydrogen-bond acceptors (Lipinski definition) is 6. The summed E-state index contributed by atoms with van der Waals surface area (Å²) in [5, 5.41) is 2.93. The van der Waals surface area contributed by atoms with Crippen molar-refractivity contribution >= 4 is 34.9 Å². The number of aromatic nitrogens is 2. The van der Waals surface area contributed by atoms with E-state index in [4.69, 9.17) is 0 Å². The number of thioether (sulfide) groups is 1. The van der Waals surface area contributed by atoms with Crippen molar-refractivity contribution in [2.45, 2.75) is 11.2 Å². The predicted octanol–water partition coefficient (Wildman–Crippen LogP) is 4.55. The van der Waals surface area contributed by atoms with E-state index in [1.54, 1.807) is 6.07 Å². The van der Waals surface area contributed by atoms with Crippen molar-refractivity contribution < 1.29 is 18.0 Å². The molecule has 0 bridgehead atoms. The van der Waals surface area contributed by atoms with E-state index in [1.165, 1.54) is 30.2 Å². The van der Waals surface area contributed by atoms with Crippen molar-refractivity contribution in [1.29, 1.82) is 0 Å². The van der Waals surface area contributed by atoms with E-state index in [9.17, 15) is 18.0 Å². The van der Waals surface area contributed by atoms with Crippen LogP contribution in [0, 0.1) is 0 Å². The van der Waals surface area contributed by atoms with Gasteiger partial charge in [-0.25, -0.2) is 9.97 Å². The van der Waals surface area contributed by atoms with E-state index in [1.807, 2.05) is 18.2 Å². The number of anilines is 3. The van der Waals surface area contributed by atoms with E-state index < -0.39 is 17.6 Å². The number of hydrogen-bond donors (Lipinski definition) is 1. The lowest BCUT2D eigenvalue weighted by atomic mass is 10.1. The summed E-state index contributed by atoms with van der Waals surface area (Å²) in [5.74, 6) is 0.168. The molecule has 1 saturated heterocycles. The third-order valence-corrected chi connectivity index (χ3v) is 6.14. The van der Waals surface area contributed by atoms with Crippen LogP contribution in [0.15, 0.2) is 72.0 Å². The van der Waals surface area contributed by atoms with Crippen LogP contribution in [0.1, 0.15) is 5.56 Å². The maximum atomic E-state index is 13.1. The maximum absolute atomic E-state index is 13.1. The first kappa shape index (κ1) is 22.9. The van der Waals surface area contributed by atoms with Gasteiger partial charge >= 0.3 is 6.18 Å². The molecule has 1 fully saturated rings. The highest BCUT2D eigenvalue weighted by molar-refractivity contribution is 7.99. The first-order valence-corrected chi connectivity index (χ1v) is 11.3. The Morgan fingerprint density at radius 3 is 2.33 bits per heavy atom. The second-order valence-electron chi connectivity index (χ2n) is 7.40. The molecule has 1 aromatic heterocycles. The summed E-state index contributed by atoms with van der Waals surface area (Å²) in [5.41, 5.74) is 0.0618. The SMILES string of the molecule is O=C(CSc1cc(N2CCN(c3ccccc3)CC2)ncn1)Nc1ccccc1C(F)(F)F. The third kappa shape index (κ3) is 5.95. The number of amides is 1. The fraction of sp³-hybridized carbons (Fsp3) is 0.261. The number of benzene rings is 2. The number of carbonyl (C=O) groups excluding carboxylic acids is 1. The van der Waals surface area contributed by atoms with Gasteiger partial charge in [-0.15, -0.1) is 0 Å². The van der Waals surface area contributed by atoms with Crippen molar-refractivity contribution in [1.82, 2.24) is 9.97 Å². The minimum Gasteiger partial charge on any atom is -0.368 e. The Morgan fingerprint density at radius 2 is 1.61 bits per heavy atom. The molecule has 1 aliphatic rings. The second kappa shape index (κ2) is 10.1. The van der Waals surface area contributed by atoms with Crippen LogP contribution >= 0.6 is 11.8 Å². The lowest BCUT2D eigenvalue weighted by Crippen LogP contribution is -2.46. The van der Waals surface area contributed by atoms with Crippen LogP contribution in [0.5, 0.6) is 0 Å². The second-order valence-corrected chi connectivity index (χ2v) is 8.40. The summed E-state index contributed by atoms with van der Waals surface area (Å²) in [7, 11) is 0. The zero-order chi connectivity index (χ0) is 23.3. The smallest absolute Gasteiger partial charge is 0.368 e. The molecule has 0 spiro atoms. The van der Waals surface area contributed by atoms with E-state index in [2.05, 4.69) is 37.2 Å². The highest BCUT2D eigenvalue weighted by Gasteiger charge is 2.33. The number of alkyl halides is 3. The number of para-hydroxylation sites is 2. The lowest BCUT2D eigenvalue weighted by molar-refractivity contribution is -0.137. The van der Waals surface area contributed by atoms with Gasteiger partial charge in [-0.3, -0.25) is 4.79 Å². The van der Waals surface area contributed by atoms with E-state index in [-0.39, 0.29) is 11.4 Å². The van der Waals surface area contributed by atoms with Crippen LogP contribution in [0.25, 0.3) is 0 Å². The van der Waals surface area contributed by atoms with Gasteiger partial charge in [-0.1, -0.05) is 42.1 Å². The maximum Gasteiger partial charge on any atom is 0.418 e. The fourth-order valence-corrected chi connectivity index (χ4v) is 4.24. The first-order valence-electron chi connectivity index (χ1n) is 10.4. The van der Waals surface area contributed by atoms with Crippen molar-refractivity contribution in [3.05, 3.63) is 72.6 Å². The number of rotatable bonds is 6. The molecule has 2 heterocycles. The highest BCUT2D eigenvalue weighted by atomic mass is 32.2. The Morgan fingerprint density at radius 1 is 0.939 bits per heavy atom. The van der Waals surface area contributed by atoms with Gasteiger partial charge in [-0.05, 0) is 24.3 Å². The summed E-state index contributed by atoms with van der Waals surface area (Å²) >= 11 is 1.16. The van der Waals surface area contributed by atoms with Gasteiger partial charge in [0.15, 0.2) is 0 Å². The summed E-state index contributed by atoms with van der Waals surface area (Å²) < 4.78 is 39.3. The quantitative estimate of drug-likeness (QED) is 0.419. The van der Waals surface area contributed by atoms with Gasteiger partial charge in [0.05, 0.1) is 17.0 Å². The molecule has 10 heteroatoms. The molecule has 0 radical (unpaired) electrons. The largest absolute Gasteiger partial charge is 0.418 e. The van der Waals surface area contributed by atoms with Crippen molar-refractivity contribution in [2.75, 3.05) is 47.0 Å². The Labute approximate surface area is 193 Å². The molecule has 3 aromatic rings. The molecule has 172 valence electrons. The minimum atomic E-state index is -4.54. The molecule has 1 amide bonds. The van der Waals surface area contributed by atoms with Gasteiger partial charge < -0.3 is 15.1 Å². The van der Waals surface area contributed by atoms with Crippen LogP contribution in [0.3, 0.4) is 0 Å². The highest BCUT2D eigenvalue weighted by Crippen LogP contribution is 2.34. The lowest BCUT2D eigenvalue weighted by Gasteiger charge is -2.36. The molecule has 33 heavy (non-hydrogen) atoms. The zero-order valence-electron chi connectivity index (χ0n) is 17.6. The molecule has 2 aromatic carbocycles. The van der Waals surface area contributed by atoms with E-state index in [0.29, 0.717) is 5.03 Å². The molecule has 0 aliphatic carbocycles. The topological polar surface area (TPSA) is 61.4 Å². The summed E-state index contributed by atoms with van der Waals surface area (Å²) in [6.07, 6.45) is -3.10. The average molecular weight is 474 g/mol. The van der Waals surface area contributed by atoms with Crippen LogP contribution in [-0.4, -0.2) is 47.8 Å². The van der Waals surface area contributed by atoms with Gasteiger partial charge in [-0.2, -0.15) is 13.2 Å². The van der Waals surface area contributed by atoms with E-state index in [0.717, 1.165) is 49.8 Å². The number of halogens is 3. The number of nitrogens with zero attached hydrogens (tertiary/aromatic N) is 4. The molecule has 0 unspecified atom stereocenters. The number of carbonyl (C=O) groups is 1. The van der Waals surface area contributed by atoms with Gasteiger partial charge in [0, 0.05) is 37.9 Å². The molecular weight excluding hydrogens is 451 g/mol. The van der Waals surface area contributed by atoms with Gasteiger partial charge in [0.1, 0.15) is 17.2 Å². The normalized spacial score (nSPS) is 14.3. The molecule has 0 saturated carbocycles. The molecule has 0 atom stereocenters. The Balaban J connectivity index is 1.32. The first-order chi connectivity index (χ1) is 15.9. The fourth-order valence-electron chi connectivity index (χ4n) is 3.58. The Hall–Kier alpha value is -3.27. The van der Waals surface area contributed by atoms with Crippen LogP contribution in [0.2, 0.25) is 0 Å². The zero-order valence-corrected chi connectivity index (χ0v) is 18.4. The van der Waals surface area contributed by atoms with Crippen LogP contribution < -0.4 is 15.1 Å². The van der Waals surface area contributed by atoms with Crippen molar-refractivity contribution in [3.8, 4) is 0 Å². The van der Waals surface area contributed by atoms with Crippen molar-refractivity contribution in [2.24, 2.45) is 0 Å². The monoisotopic (exact) mass is 473 g/mol. The summed E-state index contributed by atoms with van der Waals surface area (Å²) in [6.45, 7) is 3.31. The molecule has 6 nitrogen and oxygen atoms in total. The van der Waals surface area contributed by atoms with Crippen LogP contribution in [-0.2, 0) is 11.0 Å². The number of piperazine rings is 1. The average Bonchev–Trinajstić information content (AvgIpc) is 2.83. The minimum absolute atomic E-state index is 0.0650. The Kier molecular flexibility index (Phi) is 7.02. The molecule has 1 aliphatic heterocycles. The number of nitrogens with one attached hydrogen (secondary N) is 1. The van der Waals surface area contributed by atoms with Gasteiger partial charge in [0.25, 0.3) is 0 Å². The predicted molar refractivity (Wildman–Crippen MR) is 124 cm³/mol. The summed E-state index contributed by atoms with van der Waals surface area (Å²) in [4.78, 5) is 25.3. The summed E-state index contributed by atoms with van der Waals surface area (Å²) in [6, 6.07) is 16.9. The van der Waals surface area contributed by atoms with Crippen LogP contribution in [0.4, 0.5) is 30.4 Å². The standard InChI is InChI=1S/C23H22F3N5OS/c24-23(25,26)18-8-4-5-9-19(18)29-21(32)15-33-22-14-20(27-16-28-22)31-12-10-30(11-13-31)17-6-2-1-3-7-17/h1-9,14,16H,10-13,15H2,(H,29,32). The Bertz CT molecular complexity index is 1090. The van der Waals surface area contributed by atoms with Gasteiger partial charge in [0.2, 0.25) is 5.91 Å². The third-order valence-electron chi connectivity index (χ3n) is 5.21.